The number of aromatic nitrogens is 3. The number of anilines is 1. The molecule has 0 aliphatic carbocycles. The molecule has 0 atom stereocenters. The van der Waals surface area contributed by atoms with Crippen LogP contribution in [0.1, 0.15) is 0 Å². The average Bonchev–Trinajstić information content (AvgIpc) is 2.86. The number of benzene rings is 1. The van der Waals surface area contributed by atoms with Crippen LogP contribution < -0.4 is 5.73 Å². The fourth-order valence-corrected chi connectivity index (χ4v) is 2.08. The fraction of sp³-hybridized carbons (Fsp3) is 0.0667. The molecule has 0 fully saturated rings. The average molecular weight is 268 g/mol. The quantitative estimate of drug-likeness (QED) is 0.727. The molecule has 4 nitrogen and oxygen atoms in total. The Morgan fingerprint density at radius 1 is 1.05 bits per heavy atom. The maximum atomic E-state index is 14.0. The summed E-state index contributed by atoms with van der Waals surface area (Å²) < 4.78 is 15.7. The summed E-state index contributed by atoms with van der Waals surface area (Å²) in [6, 6.07) is 6.54. The monoisotopic (exact) mass is 268 g/mol. The molecule has 1 aromatic carbocycles. The SMILES string of the molecule is Cn1cc(-c2cncc(-c3ccc(N)cc3F)c2)cn1. The molecular formula is C15H13FN4. The summed E-state index contributed by atoms with van der Waals surface area (Å²) in [5, 5.41) is 4.12. The van der Waals surface area contributed by atoms with Gasteiger partial charge in [0.1, 0.15) is 5.82 Å². The van der Waals surface area contributed by atoms with Crippen LogP contribution in [0.3, 0.4) is 0 Å². The lowest BCUT2D eigenvalue weighted by Gasteiger charge is -2.05. The number of hydrogen-bond acceptors (Lipinski definition) is 3. The van der Waals surface area contributed by atoms with Gasteiger partial charge < -0.3 is 5.73 Å². The van der Waals surface area contributed by atoms with E-state index in [2.05, 4.69) is 10.1 Å². The molecule has 0 aliphatic heterocycles. The summed E-state index contributed by atoms with van der Waals surface area (Å²) in [5.74, 6) is -0.352. The van der Waals surface area contributed by atoms with E-state index in [4.69, 9.17) is 5.73 Å². The summed E-state index contributed by atoms with van der Waals surface area (Å²) in [6.45, 7) is 0. The van der Waals surface area contributed by atoms with Gasteiger partial charge in [0.2, 0.25) is 0 Å². The first-order chi connectivity index (χ1) is 9.63. The molecule has 0 saturated heterocycles. The van der Waals surface area contributed by atoms with Crippen molar-refractivity contribution in [2.24, 2.45) is 7.05 Å². The predicted octanol–water partition coefficient (Wildman–Crippen LogP) is 2.87. The predicted molar refractivity (Wildman–Crippen MR) is 76.2 cm³/mol. The van der Waals surface area contributed by atoms with E-state index in [0.29, 0.717) is 16.8 Å². The molecule has 2 aromatic heterocycles. The molecule has 2 heterocycles. The van der Waals surface area contributed by atoms with Crippen molar-refractivity contribution in [3.8, 4) is 22.3 Å². The highest BCUT2D eigenvalue weighted by atomic mass is 19.1. The van der Waals surface area contributed by atoms with Crippen molar-refractivity contribution in [1.29, 1.82) is 0 Å². The fourth-order valence-electron chi connectivity index (χ4n) is 2.08. The first-order valence-electron chi connectivity index (χ1n) is 6.13. The van der Waals surface area contributed by atoms with Crippen molar-refractivity contribution >= 4 is 5.69 Å². The number of nitrogen functional groups attached to an aromatic ring is 1. The second-order valence-corrected chi connectivity index (χ2v) is 4.60. The zero-order valence-electron chi connectivity index (χ0n) is 10.9. The second-order valence-electron chi connectivity index (χ2n) is 4.60. The van der Waals surface area contributed by atoms with E-state index in [9.17, 15) is 4.39 Å². The summed E-state index contributed by atoms with van der Waals surface area (Å²) in [7, 11) is 1.85. The summed E-state index contributed by atoms with van der Waals surface area (Å²) in [4.78, 5) is 4.18. The van der Waals surface area contributed by atoms with Crippen LogP contribution >= 0.6 is 0 Å². The van der Waals surface area contributed by atoms with Crippen LogP contribution in [0.2, 0.25) is 0 Å². The third-order valence-electron chi connectivity index (χ3n) is 3.08. The Hall–Kier alpha value is -2.69. The number of aryl methyl sites for hydroxylation is 1. The maximum absolute atomic E-state index is 14.0. The van der Waals surface area contributed by atoms with E-state index in [0.717, 1.165) is 11.1 Å². The highest BCUT2D eigenvalue weighted by molar-refractivity contribution is 5.72. The van der Waals surface area contributed by atoms with Gasteiger partial charge >= 0.3 is 0 Å². The summed E-state index contributed by atoms with van der Waals surface area (Å²) in [5.41, 5.74) is 9.00. The van der Waals surface area contributed by atoms with Crippen molar-refractivity contribution in [3.63, 3.8) is 0 Å². The van der Waals surface area contributed by atoms with Gasteiger partial charge in [0.05, 0.1) is 6.20 Å². The molecule has 20 heavy (non-hydrogen) atoms. The number of halogens is 1. The van der Waals surface area contributed by atoms with Crippen LogP contribution in [-0.4, -0.2) is 14.8 Å². The molecule has 0 aliphatic rings. The summed E-state index contributed by atoms with van der Waals surface area (Å²) in [6.07, 6.45) is 7.00. The minimum absolute atomic E-state index is 0.352. The number of nitrogens with two attached hydrogens (primary N) is 1. The first kappa shape index (κ1) is 12.3. The molecule has 0 unspecified atom stereocenters. The van der Waals surface area contributed by atoms with Crippen LogP contribution in [0.5, 0.6) is 0 Å². The van der Waals surface area contributed by atoms with E-state index in [1.165, 1.54) is 6.07 Å². The lowest BCUT2D eigenvalue weighted by Crippen LogP contribution is -1.90. The Bertz CT molecular complexity index is 764. The highest BCUT2D eigenvalue weighted by Gasteiger charge is 2.08. The third-order valence-corrected chi connectivity index (χ3v) is 3.08. The minimum atomic E-state index is -0.352. The van der Waals surface area contributed by atoms with Crippen LogP contribution in [0, 0.1) is 5.82 Å². The van der Waals surface area contributed by atoms with Crippen molar-refractivity contribution in [2.75, 3.05) is 5.73 Å². The van der Waals surface area contributed by atoms with Crippen molar-refractivity contribution in [3.05, 3.63) is 54.9 Å². The minimum Gasteiger partial charge on any atom is -0.399 e. The Labute approximate surface area is 115 Å². The van der Waals surface area contributed by atoms with E-state index >= 15 is 0 Å². The molecule has 0 spiro atoms. The van der Waals surface area contributed by atoms with E-state index in [-0.39, 0.29) is 5.82 Å². The molecule has 0 radical (unpaired) electrons. The van der Waals surface area contributed by atoms with Crippen LogP contribution in [-0.2, 0) is 7.05 Å². The zero-order chi connectivity index (χ0) is 14.1. The topological polar surface area (TPSA) is 56.7 Å². The van der Waals surface area contributed by atoms with Gasteiger partial charge in [0, 0.05) is 53.6 Å². The Balaban J connectivity index is 2.07. The number of hydrogen-bond donors (Lipinski definition) is 1. The first-order valence-corrected chi connectivity index (χ1v) is 6.13. The molecule has 0 bridgehead atoms. The second kappa shape index (κ2) is 4.77. The molecule has 0 amide bonds. The van der Waals surface area contributed by atoms with Gasteiger partial charge in [-0.15, -0.1) is 0 Å². The van der Waals surface area contributed by atoms with Crippen LogP contribution in [0.4, 0.5) is 10.1 Å². The van der Waals surface area contributed by atoms with Gasteiger partial charge in [-0.2, -0.15) is 5.10 Å². The lowest BCUT2D eigenvalue weighted by molar-refractivity contribution is 0.632. The largest absolute Gasteiger partial charge is 0.399 e. The molecule has 3 aromatic rings. The van der Waals surface area contributed by atoms with Crippen molar-refractivity contribution in [2.45, 2.75) is 0 Å². The van der Waals surface area contributed by atoms with Gasteiger partial charge in [-0.3, -0.25) is 9.67 Å². The maximum Gasteiger partial charge on any atom is 0.133 e. The van der Waals surface area contributed by atoms with Gasteiger partial charge in [-0.25, -0.2) is 4.39 Å². The smallest absolute Gasteiger partial charge is 0.133 e. The Kier molecular flexibility index (Phi) is 2.95. The number of pyridine rings is 1. The van der Waals surface area contributed by atoms with E-state index in [1.807, 2.05) is 19.3 Å². The Morgan fingerprint density at radius 2 is 1.85 bits per heavy atom. The molecule has 3 rings (SSSR count). The molecule has 5 heteroatoms. The van der Waals surface area contributed by atoms with Gasteiger partial charge in [-0.1, -0.05) is 0 Å². The lowest BCUT2D eigenvalue weighted by atomic mass is 10.0. The van der Waals surface area contributed by atoms with E-state index < -0.39 is 0 Å². The van der Waals surface area contributed by atoms with E-state index in [1.54, 1.807) is 35.4 Å². The molecule has 2 N–H and O–H groups in total. The number of nitrogens with zero attached hydrogens (tertiary/aromatic N) is 3. The van der Waals surface area contributed by atoms with Crippen LogP contribution in [0.15, 0.2) is 49.1 Å². The normalized spacial score (nSPS) is 10.7. The zero-order valence-corrected chi connectivity index (χ0v) is 10.9. The van der Waals surface area contributed by atoms with Crippen molar-refractivity contribution in [1.82, 2.24) is 14.8 Å². The Morgan fingerprint density at radius 3 is 2.55 bits per heavy atom. The van der Waals surface area contributed by atoms with Gasteiger partial charge in [-0.05, 0) is 24.3 Å². The number of rotatable bonds is 2. The molecule has 0 saturated carbocycles. The molecule has 100 valence electrons. The summed E-state index contributed by atoms with van der Waals surface area (Å²) >= 11 is 0. The van der Waals surface area contributed by atoms with Gasteiger partial charge in [0.25, 0.3) is 0 Å². The standard InChI is InChI=1S/C15H13FN4/c1-20-9-12(8-19-20)10-4-11(7-18-6-10)14-3-2-13(17)5-15(14)16/h2-9H,17H2,1H3. The molecular weight excluding hydrogens is 255 g/mol. The van der Waals surface area contributed by atoms with Crippen molar-refractivity contribution < 1.29 is 4.39 Å². The van der Waals surface area contributed by atoms with Gasteiger partial charge in [0.15, 0.2) is 0 Å². The van der Waals surface area contributed by atoms with Crippen LogP contribution in [0.25, 0.3) is 22.3 Å². The third kappa shape index (κ3) is 2.25. The highest BCUT2D eigenvalue weighted by Crippen LogP contribution is 2.27.